The molecule has 1 N–H and O–H groups in total. The maximum atomic E-state index is 12.9. The van der Waals surface area contributed by atoms with E-state index in [4.69, 9.17) is 4.74 Å². The van der Waals surface area contributed by atoms with Gasteiger partial charge in [-0.05, 0) is 51.3 Å². The summed E-state index contributed by atoms with van der Waals surface area (Å²) in [5.41, 5.74) is 0.532. The van der Waals surface area contributed by atoms with Gasteiger partial charge in [0.25, 0.3) is 5.91 Å². The third kappa shape index (κ3) is 3.72. The number of carbonyl (C=O) groups excluding carboxylic acids is 1. The van der Waals surface area contributed by atoms with E-state index >= 15 is 0 Å². The zero-order valence-corrected chi connectivity index (χ0v) is 15.4. The van der Waals surface area contributed by atoms with Crippen LogP contribution in [0.4, 0.5) is 0 Å². The second-order valence-corrected chi connectivity index (χ2v) is 7.00. The second-order valence-electron chi connectivity index (χ2n) is 7.00. The predicted molar refractivity (Wildman–Crippen MR) is 97.0 cm³/mol. The average molecular weight is 358 g/mol. The highest BCUT2D eigenvalue weighted by atomic mass is 16.5. The molecule has 0 spiro atoms. The summed E-state index contributed by atoms with van der Waals surface area (Å²) in [5, 5.41) is 15.1. The molecule has 1 saturated carbocycles. The van der Waals surface area contributed by atoms with Crippen molar-refractivity contribution >= 4 is 5.91 Å². The zero-order chi connectivity index (χ0) is 18.7. The quantitative estimate of drug-likeness (QED) is 0.887. The van der Waals surface area contributed by atoms with Gasteiger partial charge >= 0.3 is 0 Å². The summed E-state index contributed by atoms with van der Waals surface area (Å²) in [7, 11) is 1.74. The summed E-state index contributed by atoms with van der Waals surface area (Å²) >= 11 is 0. The summed E-state index contributed by atoms with van der Waals surface area (Å²) in [4.78, 5) is 18.6. The summed E-state index contributed by atoms with van der Waals surface area (Å²) < 4.78 is 7.62. The number of pyridine rings is 1. The molecule has 2 aromatic rings. The number of carbonyl (C=O) groups is 1. The molecule has 1 fully saturated rings. The molecule has 7 heteroatoms. The van der Waals surface area contributed by atoms with Gasteiger partial charge in [0.05, 0.1) is 12.2 Å². The van der Waals surface area contributed by atoms with Crippen molar-refractivity contribution in [3.05, 3.63) is 42.5 Å². The van der Waals surface area contributed by atoms with Gasteiger partial charge in [-0.3, -0.25) is 14.5 Å². The van der Waals surface area contributed by atoms with E-state index in [0.717, 1.165) is 19.3 Å². The standard InChI is InChI=1S/C19H26N4O3/c1-13(2)23-16(9-11-21-23)19(25)22(3)15-7-4-8-17(18(15)24)26-14-6-5-10-20-12-14/h5-6,9-13,15,17-18,24H,4,7-8H2,1-3H3/t15-,17-,18-/m1/s1. The van der Waals surface area contributed by atoms with Crippen molar-refractivity contribution in [3.63, 3.8) is 0 Å². The van der Waals surface area contributed by atoms with Crippen LogP contribution in [0.15, 0.2) is 36.8 Å². The van der Waals surface area contributed by atoms with Crippen LogP contribution in [-0.2, 0) is 0 Å². The summed E-state index contributed by atoms with van der Waals surface area (Å²) in [5.74, 6) is 0.492. The van der Waals surface area contributed by atoms with Gasteiger partial charge in [-0.2, -0.15) is 5.10 Å². The zero-order valence-electron chi connectivity index (χ0n) is 15.4. The van der Waals surface area contributed by atoms with Crippen LogP contribution in [0.5, 0.6) is 5.75 Å². The number of nitrogens with zero attached hydrogens (tertiary/aromatic N) is 4. The molecule has 26 heavy (non-hydrogen) atoms. The first-order valence-electron chi connectivity index (χ1n) is 9.04. The molecule has 0 radical (unpaired) electrons. The molecule has 0 bridgehead atoms. The van der Waals surface area contributed by atoms with Crippen molar-refractivity contribution in [2.45, 2.75) is 57.4 Å². The van der Waals surface area contributed by atoms with Crippen LogP contribution in [0.25, 0.3) is 0 Å². The molecule has 2 aromatic heterocycles. The Labute approximate surface area is 153 Å². The van der Waals surface area contributed by atoms with E-state index < -0.39 is 6.10 Å². The van der Waals surface area contributed by atoms with Crippen LogP contribution in [0, 0.1) is 0 Å². The Morgan fingerprint density at radius 1 is 1.35 bits per heavy atom. The number of aliphatic hydroxyl groups is 1. The Morgan fingerprint density at radius 3 is 2.85 bits per heavy atom. The monoisotopic (exact) mass is 358 g/mol. The molecular weight excluding hydrogens is 332 g/mol. The fraction of sp³-hybridized carbons (Fsp3) is 0.526. The first-order valence-corrected chi connectivity index (χ1v) is 9.04. The number of amides is 1. The van der Waals surface area contributed by atoms with Crippen molar-refractivity contribution in [2.24, 2.45) is 0 Å². The number of aromatic nitrogens is 3. The highest BCUT2D eigenvalue weighted by Gasteiger charge is 2.38. The number of aliphatic hydroxyl groups excluding tert-OH is 1. The van der Waals surface area contributed by atoms with E-state index in [9.17, 15) is 9.90 Å². The molecule has 3 atom stereocenters. The minimum Gasteiger partial charge on any atom is -0.486 e. The van der Waals surface area contributed by atoms with Crippen molar-refractivity contribution in [2.75, 3.05) is 7.05 Å². The minimum absolute atomic E-state index is 0.0929. The molecule has 2 heterocycles. The molecule has 1 amide bonds. The van der Waals surface area contributed by atoms with E-state index in [1.807, 2.05) is 19.9 Å². The normalized spacial score (nSPS) is 23.0. The number of hydrogen-bond donors (Lipinski definition) is 1. The highest BCUT2D eigenvalue weighted by molar-refractivity contribution is 5.92. The third-order valence-electron chi connectivity index (χ3n) is 4.88. The molecule has 3 rings (SSSR count). The lowest BCUT2D eigenvalue weighted by Gasteiger charge is -2.39. The van der Waals surface area contributed by atoms with Gasteiger partial charge in [-0.25, -0.2) is 0 Å². The van der Waals surface area contributed by atoms with Crippen LogP contribution in [0.2, 0.25) is 0 Å². The van der Waals surface area contributed by atoms with Crippen LogP contribution < -0.4 is 4.74 Å². The van der Waals surface area contributed by atoms with Gasteiger partial charge in [0.1, 0.15) is 23.7 Å². The second kappa shape index (κ2) is 7.86. The molecule has 7 nitrogen and oxygen atoms in total. The number of likely N-dealkylation sites (N-methyl/N-ethyl adjacent to an activating group) is 1. The predicted octanol–water partition coefficient (Wildman–Crippen LogP) is 2.29. The fourth-order valence-electron chi connectivity index (χ4n) is 3.49. The fourth-order valence-corrected chi connectivity index (χ4v) is 3.49. The van der Waals surface area contributed by atoms with E-state index in [2.05, 4.69) is 10.1 Å². The van der Waals surface area contributed by atoms with Gasteiger partial charge in [0, 0.05) is 25.5 Å². The highest BCUT2D eigenvalue weighted by Crippen LogP contribution is 2.27. The lowest BCUT2D eigenvalue weighted by atomic mass is 9.88. The Hall–Kier alpha value is -2.41. The summed E-state index contributed by atoms with van der Waals surface area (Å²) in [6, 6.07) is 5.13. The molecule has 1 aliphatic rings. The van der Waals surface area contributed by atoms with Crippen molar-refractivity contribution in [3.8, 4) is 5.75 Å². The molecule has 1 aliphatic carbocycles. The van der Waals surface area contributed by atoms with Crippen LogP contribution in [0.3, 0.4) is 0 Å². The maximum Gasteiger partial charge on any atom is 0.272 e. The number of ether oxygens (including phenoxy) is 1. The lowest BCUT2D eigenvalue weighted by Crippen LogP contribution is -2.53. The Balaban J connectivity index is 1.73. The first-order chi connectivity index (χ1) is 12.5. The molecular formula is C19H26N4O3. The maximum absolute atomic E-state index is 12.9. The first kappa shape index (κ1) is 18.4. The topological polar surface area (TPSA) is 80.5 Å². The lowest BCUT2D eigenvalue weighted by molar-refractivity contribution is -0.0416. The molecule has 0 unspecified atom stereocenters. The van der Waals surface area contributed by atoms with E-state index in [-0.39, 0.29) is 24.1 Å². The van der Waals surface area contributed by atoms with Crippen molar-refractivity contribution in [1.29, 1.82) is 0 Å². The average Bonchev–Trinajstić information content (AvgIpc) is 3.13. The molecule has 0 aliphatic heterocycles. The van der Waals surface area contributed by atoms with E-state index in [0.29, 0.717) is 11.4 Å². The largest absolute Gasteiger partial charge is 0.486 e. The third-order valence-corrected chi connectivity index (χ3v) is 4.88. The van der Waals surface area contributed by atoms with Crippen LogP contribution in [-0.4, -0.2) is 56.0 Å². The van der Waals surface area contributed by atoms with E-state index in [1.165, 1.54) is 0 Å². The van der Waals surface area contributed by atoms with Crippen molar-refractivity contribution in [1.82, 2.24) is 19.7 Å². The van der Waals surface area contributed by atoms with Gasteiger partial charge in [0.2, 0.25) is 0 Å². The van der Waals surface area contributed by atoms with Gasteiger partial charge in [-0.1, -0.05) is 0 Å². The Bertz CT molecular complexity index is 731. The number of hydrogen-bond acceptors (Lipinski definition) is 5. The van der Waals surface area contributed by atoms with Gasteiger partial charge in [-0.15, -0.1) is 0 Å². The molecule has 0 aromatic carbocycles. The van der Waals surface area contributed by atoms with Crippen LogP contribution >= 0.6 is 0 Å². The van der Waals surface area contributed by atoms with E-state index in [1.54, 1.807) is 47.4 Å². The summed E-state index contributed by atoms with van der Waals surface area (Å²) in [6.45, 7) is 3.97. The minimum atomic E-state index is -0.756. The summed E-state index contributed by atoms with van der Waals surface area (Å²) in [6.07, 6.45) is 6.20. The van der Waals surface area contributed by atoms with Gasteiger partial charge in [0.15, 0.2) is 0 Å². The van der Waals surface area contributed by atoms with Crippen molar-refractivity contribution < 1.29 is 14.6 Å². The number of rotatable bonds is 5. The Morgan fingerprint density at radius 2 is 2.15 bits per heavy atom. The van der Waals surface area contributed by atoms with Gasteiger partial charge < -0.3 is 14.7 Å². The molecule has 0 saturated heterocycles. The smallest absolute Gasteiger partial charge is 0.272 e. The molecule has 140 valence electrons. The van der Waals surface area contributed by atoms with Crippen LogP contribution in [0.1, 0.15) is 49.6 Å². The SMILES string of the molecule is CC(C)n1nccc1C(=O)N(C)[C@@H]1CCC[C@@H](Oc2cccnc2)[C@@H]1O. The Kier molecular flexibility index (Phi) is 5.56.